The Kier molecular flexibility index (Phi) is 6.31. The Labute approximate surface area is 154 Å². The van der Waals surface area contributed by atoms with Gasteiger partial charge in [0.2, 0.25) is 0 Å². The van der Waals surface area contributed by atoms with Crippen molar-refractivity contribution in [3.05, 3.63) is 68.7 Å². The number of nitro groups is 1. The van der Waals surface area contributed by atoms with Crippen LogP contribution in [0.2, 0.25) is 5.02 Å². The van der Waals surface area contributed by atoms with E-state index >= 15 is 0 Å². The van der Waals surface area contributed by atoms with Gasteiger partial charge in [0, 0.05) is 28.4 Å². The van der Waals surface area contributed by atoms with Crippen molar-refractivity contribution in [1.82, 2.24) is 0 Å². The number of nitro benzene ring substituents is 1. The summed E-state index contributed by atoms with van der Waals surface area (Å²) in [4.78, 5) is 22.6. The molecule has 0 spiro atoms. The molecule has 8 heteroatoms. The summed E-state index contributed by atoms with van der Waals surface area (Å²) in [6.45, 7) is 2.38. The first kappa shape index (κ1) is 19.0. The first-order valence-corrected chi connectivity index (χ1v) is 7.92. The molecule has 2 rings (SSSR count). The number of nitriles is 1. The Bertz CT molecular complexity index is 902. The van der Waals surface area contributed by atoms with Crippen LogP contribution < -0.4 is 10.1 Å². The van der Waals surface area contributed by atoms with Crippen molar-refractivity contribution in [3.8, 4) is 11.8 Å². The maximum atomic E-state index is 12.3. The largest absolute Gasteiger partial charge is 0.494 e. The number of nitrogens with zero attached hydrogens (tertiary/aromatic N) is 2. The highest BCUT2D eigenvalue weighted by Crippen LogP contribution is 2.24. The third-order valence-electron chi connectivity index (χ3n) is 3.28. The van der Waals surface area contributed by atoms with Crippen LogP contribution in [0, 0.1) is 21.4 Å². The van der Waals surface area contributed by atoms with E-state index in [1.807, 2.05) is 6.92 Å². The Morgan fingerprint density at radius 2 is 2.04 bits per heavy atom. The molecule has 132 valence electrons. The Morgan fingerprint density at radius 3 is 2.62 bits per heavy atom. The van der Waals surface area contributed by atoms with E-state index in [4.69, 9.17) is 16.3 Å². The van der Waals surface area contributed by atoms with Gasteiger partial charge in [0.05, 0.1) is 11.5 Å². The normalized spacial score (nSPS) is 10.7. The summed E-state index contributed by atoms with van der Waals surface area (Å²) in [5.41, 5.74) is 0.259. The van der Waals surface area contributed by atoms with Gasteiger partial charge >= 0.3 is 0 Å². The average molecular weight is 372 g/mol. The molecule has 0 aromatic heterocycles. The van der Waals surface area contributed by atoms with Crippen molar-refractivity contribution in [3.63, 3.8) is 0 Å². The van der Waals surface area contributed by atoms with Crippen LogP contribution in [0.5, 0.6) is 5.75 Å². The first-order chi connectivity index (χ1) is 12.4. The van der Waals surface area contributed by atoms with Crippen molar-refractivity contribution in [2.45, 2.75) is 6.92 Å². The number of hydrogen-bond acceptors (Lipinski definition) is 5. The number of amides is 1. The number of rotatable bonds is 6. The fourth-order valence-corrected chi connectivity index (χ4v) is 2.23. The summed E-state index contributed by atoms with van der Waals surface area (Å²) < 4.78 is 5.31. The third kappa shape index (κ3) is 4.82. The number of halogens is 1. The Morgan fingerprint density at radius 1 is 1.35 bits per heavy atom. The van der Waals surface area contributed by atoms with E-state index in [2.05, 4.69) is 5.32 Å². The van der Waals surface area contributed by atoms with Crippen molar-refractivity contribution < 1.29 is 14.5 Å². The molecule has 26 heavy (non-hydrogen) atoms. The molecule has 0 aliphatic heterocycles. The zero-order valence-corrected chi connectivity index (χ0v) is 14.5. The van der Waals surface area contributed by atoms with Crippen LogP contribution >= 0.6 is 11.6 Å². The molecule has 0 bridgehead atoms. The fraction of sp³-hybridized carbons (Fsp3) is 0.111. The quantitative estimate of drug-likeness (QED) is 0.354. The molecule has 0 saturated carbocycles. The van der Waals surface area contributed by atoms with Crippen molar-refractivity contribution in [2.24, 2.45) is 0 Å². The Balaban J connectivity index is 2.23. The summed E-state index contributed by atoms with van der Waals surface area (Å²) in [7, 11) is 0. The van der Waals surface area contributed by atoms with E-state index in [0.29, 0.717) is 18.0 Å². The highest BCUT2D eigenvalue weighted by molar-refractivity contribution is 6.32. The Hall–Kier alpha value is -3.37. The van der Waals surface area contributed by atoms with Crippen LogP contribution in [-0.2, 0) is 4.79 Å². The van der Waals surface area contributed by atoms with Gasteiger partial charge in [-0.05, 0) is 43.3 Å². The second kappa shape index (κ2) is 8.65. The zero-order chi connectivity index (χ0) is 19.1. The maximum absolute atomic E-state index is 12.3. The monoisotopic (exact) mass is 371 g/mol. The van der Waals surface area contributed by atoms with E-state index in [1.165, 1.54) is 24.3 Å². The zero-order valence-electron chi connectivity index (χ0n) is 13.7. The fourth-order valence-electron chi connectivity index (χ4n) is 2.06. The molecule has 0 aliphatic rings. The molecule has 0 aliphatic carbocycles. The van der Waals surface area contributed by atoms with Gasteiger partial charge in [0.1, 0.15) is 17.4 Å². The highest BCUT2D eigenvalue weighted by Gasteiger charge is 2.13. The molecule has 7 nitrogen and oxygen atoms in total. The summed E-state index contributed by atoms with van der Waals surface area (Å²) in [6, 6.07) is 12.2. The first-order valence-electron chi connectivity index (χ1n) is 7.54. The highest BCUT2D eigenvalue weighted by atomic mass is 35.5. The van der Waals surface area contributed by atoms with Gasteiger partial charge < -0.3 is 10.1 Å². The van der Waals surface area contributed by atoms with Crippen LogP contribution in [0.4, 0.5) is 11.4 Å². The molecule has 1 amide bonds. The molecule has 0 radical (unpaired) electrons. The number of carbonyl (C=O) groups is 1. The molecule has 0 unspecified atom stereocenters. The molecule has 0 saturated heterocycles. The van der Waals surface area contributed by atoms with Gasteiger partial charge in [-0.3, -0.25) is 14.9 Å². The smallest absolute Gasteiger partial charge is 0.270 e. The third-order valence-corrected chi connectivity index (χ3v) is 3.62. The topological polar surface area (TPSA) is 105 Å². The summed E-state index contributed by atoms with van der Waals surface area (Å²) in [5, 5.41) is 22.9. The van der Waals surface area contributed by atoms with Crippen LogP contribution in [0.1, 0.15) is 12.5 Å². The van der Waals surface area contributed by atoms with E-state index in [1.54, 1.807) is 30.3 Å². The molecule has 1 N–H and O–H groups in total. The average Bonchev–Trinajstić information content (AvgIpc) is 2.62. The van der Waals surface area contributed by atoms with Crippen molar-refractivity contribution in [1.29, 1.82) is 5.26 Å². The lowest BCUT2D eigenvalue weighted by molar-refractivity contribution is -0.384. The van der Waals surface area contributed by atoms with Gasteiger partial charge in [-0.1, -0.05) is 11.6 Å². The molecule has 0 atom stereocenters. The molecule has 2 aromatic carbocycles. The summed E-state index contributed by atoms with van der Waals surface area (Å²) in [6.07, 6.45) is 1.21. The number of carbonyl (C=O) groups excluding carboxylic acids is 1. The molecule has 2 aromatic rings. The molecular formula is C18H14ClN3O4. The van der Waals surface area contributed by atoms with Crippen LogP contribution in [0.25, 0.3) is 6.08 Å². The predicted octanol–water partition coefficient (Wildman–Crippen LogP) is 4.19. The predicted molar refractivity (Wildman–Crippen MR) is 97.9 cm³/mol. The number of anilines is 1. The van der Waals surface area contributed by atoms with Gasteiger partial charge in [0.15, 0.2) is 0 Å². The molecule has 0 heterocycles. The minimum Gasteiger partial charge on any atom is -0.494 e. The number of non-ortho nitro benzene ring substituents is 1. The van der Waals surface area contributed by atoms with Crippen molar-refractivity contribution in [2.75, 3.05) is 11.9 Å². The van der Waals surface area contributed by atoms with Gasteiger partial charge in [-0.2, -0.15) is 5.26 Å². The minimum absolute atomic E-state index is 0.190. The second-order valence-corrected chi connectivity index (χ2v) is 5.45. The lowest BCUT2D eigenvalue weighted by Gasteiger charge is -2.07. The van der Waals surface area contributed by atoms with E-state index in [0.717, 1.165) is 0 Å². The van der Waals surface area contributed by atoms with Crippen molar-refractivity contribution >= 4 is 35.0 Å². The number of hydrogen-bond donors (Lipinski definition) is 1. The van der Waals surface area contributed by atoms with Gasteiger partial charge in [0.25, 0.3) is 11.6 Å². The lowest BCUT2D eigenvalue weighted by atomic mass is 10.1. The summed E-state index contributed by atoms with van der Waals surface area (Å²) in [5.74, 6) is 0.00385. The minimum atomic E-state index is -0.653. The van der Waals surface area contributed by atoms with E-state index < -0.39 is 10.8 Å². The number of benzene rings is 2. The van der Waals surface area contributed by atoms with Crippen LogP contribution in [-0.4, -0.2) is 17.4 Å². The summed E-state index contributed by atoms with van der Waals surface area (Å²) >= 11 is 5.99. The lowest BCUT2D eigenvalue weighted by Crippen LogP contribution is -2.13. The van der Waals surface area contributed by atoms with Gasteiger partial charge in [-0.15, -0.1) is 0 Å². The van der Waals surface area contributed by atoms with Crippen LogP contribution in [0.3, 0.4) is 0 Å². The van der Waals surface area contributed by atoms with E-state index in [9.17, 15) is 20.2 Å². The molecular weight excluding hydrogens is 358 g/mol. The van der Waals surface area contributed by atoms with Gasteiger partial charge in [-0.25, -0.2) is 0 Å². The SMILES string of the molecule is CCOc1ccc(NC(=O)/C(C#N)=C\c2cc([N+](=O)[O-])ccc2Cl)cc1. The molecule has 0 fully saturated rings. The number of nitrogens with one attached hydrogen (secondary N) is 1. The van der Waals surface area contributed by atoms with Crippen LogP contribution in [0.15, 0.2) is 48.0 Å². The second-order valence-electron chi connectivity index (χ2n) is 5.04. The number of ether oxygens (including phenoxy) is 1. The standard InChI is InChI=1S/C18H14ClN3O4/c1-2-26-16-6-3-14(4-7-16)21-18(23)13(11-20)9-12-10-15(22(24)25)5-8-17(12)19/h3-10H,2H2,1H3,(H,21,23)/b13-9-. The maximum Gasteiger partial charge on any atom is 0.270 e. The van der Waals surface area contributed by atoms with E-state index in [-0.39, 0.29) is 21.8 Å².